The highest BCUT2D eigenvalue weighted by Gasteiger charge is 2.33. The number of aromatic nitrogens is 2. The van der Waals surface area contributed by atoms with Gasteiger partial charge in [0.25, 0.3) is 5.91 Å². The van der Waals surface area contributed by atoms with E-state index in [4.69, 9.17) is 0 Å². The van der Waals surface area contributed by atoms with E-state index < -0.39 is 9.84 Å². The van der Waals surface area contributed by atoms with Gasteiger partial charge in [-0.15, -0.1) is 0 Å². The van der Waals surface area contributed by atoms with Gasteiger partial charge in [-0.1, -0.05) is 29.8 Å². The van der Waals surface area contributed by atoms with Crippen LogP contribution >= 0.6 is 0 Å². The van der Waals surface area contributed by atoms with Crippen LogP contribution in [-0.4, -0.2) is 53.6 Å². The molecule has 1 aromatic heterocycles. The van der Waals surface area contributed by atoms with Crippen molar-refractivity contribution in [3.8, 4) is 11.3 Å². The molecule has 0 aliphatic carbocycles. The smallest absolute Gasteiger partial charge is 0.274 e. The van der Waals surface area contributed by atoms with Crippen LogP contribution in [0.3, 0.4) is 0 Å². The Hall–Kier alpha value is -2.15. The molecule has 0 N–H and O–H groups in total. The van der Waals surface area contributed by atoms with Crippen LogP contribution in [0.15, 0.2) is 30.3 Å². The van der Waals surface area contributed by atoms with Gasteiger partial charge in [0, 0.05) is 13.1 Å². The van der Waals surface area contributed by atoms with Crippen LogP contribution in [-0.2, 0) is 9.84 Å². The van der Waals surface area contributed by atoms with Gasteiger partial charge in [-0.25, -0.2) is 8.42 Å². The lowest BCUT2D eigenvalue weighted by Gasteiger charge is -2.14. The monoisotopic (exact) mass is 373 g/mol. The third-order valence-corrected chi connectivity index (χ3v) is 7.00. The zero-order chi connectivity index (χ0) is 18.3. The number of aryl methyl sites for hydroxylation is 1. The van der Waals surface area contributed by atoms with E-state index in [0.717, 1.165) is 42.8 Å². The zero-order valence-electron chi connectivity index (χ0n) is 14.9. The molecule has 2 saturated heterocycles. The van der Waals surface area contributed by atoms with E-state index in [9.17, 15) is 13.2 Å². The summed E-state index contributed by atoms with van der Waals surface area (Å²) in [7, 11) is -3.03. The third kappa shape index (κ3) is 3.28. The first-order chi connectivity index (χ1) is 12.4. The van der Waals surface area contributed by atoms with E-state index >= 15 is 0 Å². The zero-order valence-corrected chi connectivity index (χ0v) is 15.7. The number of carbonyl (C=O) groups is 1. The lowest BCUT2D eigenvalue weighted by Crippen LogP contribution is -2.28. The number of benzene rings is 1. The molecule has 1 amide bonds. The Labute approximate surface area is 153 Å². The second-order valence-corrected chi connectivity index (χ2v) is 9.51. The predicted molar refractivity (Wildman–Crippen MR) is 99.8 cm³/mol. The molecule has 7 heteroatoms. The van der Waals surface area contributed by atoms with E-state index in [1.54, 1.807) is 4.68 Å². The number of sulfone groups is 1. The second kappa shape index (κ2) is 6.54. The topological polar surface area (TPSA) is 72.3 Å². The van der Waals surface area contributed by atoms with E-state index in [1.807, 2.05) is 42.2 Å². The molecule has 2 fully saturated rings. The molecule has 0 spiro atoms. The average Bonchev–Trinajstić information content (AvgIpc) is 3.33. The molecule has 2 aromatic rings. The fourth-order valence-electron chi connectivity index (χ4n) is 3.77. The predicted octanol–water partition coefficient (Wildman–Crippen LogP) is 2.45. The van der Waals surface area contributed by atoms with Crippen LogP contribution in [0.4, 0.5) is 0 Å². The summed E-state index contributed by atoms with van der Waals surface area (Å²) >= 11 is 0. The van der Waals surface area contributed by atoms with Gasteiger partial charge in [0.15, 0.2) is 15.5 Å². The summed E-state index contributed by atoms with van der Waals surface area (Å²) in [5.41, 5.74) is 3.32. The molecule has 0 saturated carbocycles. The first kappa shape index (κ1) is 17.3. The van der Waals surface area contributed by atoms with Crippen molar-refractivity contribution in [3.05, 3.63) is 41.6 Å². The van der Waals surface area contributed by atoms with Crippen molar-refractivity contribution in [2.45, 2.75) is 32.2 Å². The van der Waals surface area contributed by atoms with Crippen molar-refractivity contribution in [1.82, 2.24) is 14.7 Å². The average molecular weight is 373 g/mol. The molecule has 6 nitrogen and oxygen atoms in total. The maximum absolute atomic E-state index is 12.8. The molecule has 138 valence electrons. The number of likely N-dealkylation sites (tertiary alicyclic amines) is 1. The number of rotatable bonds is 3. The van der Waals surface area contributed by atoms with Gasteiger partial charge in [0.2, 0.25) is 0 Å². The van der Waals surface area contributed by atoms with Crippen molar-refractivity contribution in [1.29, 1.82) is 0 Å². The summed E-state index contributed by atoms with van der Waals surface area (Å²) in [6, 6.07) is 9.62. The first-order valence-corrected chi connectivity index (χ1v) is 10.9. The molecule has 26 heavy (non-hydrogen) atoms. The highest BCUT2D eigenvalue weighted by atomic mass is 32.2. The molecule has 4 rings (SSSR count). The minimum atomic E-state index is -3.03. The summed E-state index contributed by atoms with van der Waals surface area (Å²) in [5, 5.41) is 4.56. The van der Waals surface area contributed by atoms with Crippen molar-refractivity contribution in [3.63, 3.8) is 0 Å². The van der Waals surface area contributed by atoms with Gasteiger partial charge in [-0.2, -0.15) is 5.10 Å². The lowest BCUT2D eigenvalue weighted by atomic mass is 10.1. The Bertz CT molecular complexity index is 925. The Morgan fingerprint density at radius 1 is 1.15 bits per heavy atom. The number of hydrogen-bond donors (Lipinski definition) is 0. The van der Waals surface area contributed by atoms with Crippen LogP contribution in [0.1, 0.15) is 41.4 Å². The molecule has 3 heterocycles. The van der Waals surface area contributed by atoms with Gasteiger partial charge >= 0.3 is 0 Å². The summed E-state index contributed by atoms with van der Waals surface area (Å²) in [6.07, 6.45) is 2.59. The first-order valence-electron chi connectivity index (χ1n) is 9.09. The van der Waals surface area contributed by atoms with Gasteiger partial charge in [-0.05, 0) is 37.8 Å². The van der Waals surface area contributed by atoms with E-state index in [0.29, 0.717) is 12.1 Å². The normalized spacial score (nSPS) is 22.0. The summed E-state index contributed by atoms with van der Waals surface area (Å²) in [6.45, 7) is 3.56. The van der Waals surface area contributed by atoms with E-state index in [2.05, 4.69) is 5.10 Å². The van der Waals surface area contributed by atoms with Crippen LogP contribution in [0.25, 0.3) is 11.3 Å². The van der Waals surface area contributed by atoms with Crippen LogP contribution in [0, 0.1) is 6.92 Å². The van der Waals surface area contributed by atoms with E-state index in [-0.39, 0.29) is 23.5 Å². The third-order valence-electron chi connectivity index (χ3n) is 5.25. The van der Waals surface area contributed by atoms with Crippen molar-refractivity contribution < 1.29 is 13.2 Å². The standard InChI is InChI=1S/C19H23N3O3S/c1-14-4-6-15(7-5-14)18-12-17(19(23)21-9-2-3-10-21)20-22(18)16-8-11-26(24,25)13-16/h4-7,12,16H,2-3,8-11,13H2,1H3/t16-/m1/s1. The molecule has 1 aromatic carbocycles. The summed E-state index contributed by atoms with van der Waals surface area (Å²) < 4.78 is 25.6. The molecular weight excluding hydrogens is 350 g/mol. The molecule has 2 aliphatic heterocycles. The molecule has 2 aliphatic rings. The highest BCUT2D eigenvalue weighted by Crippen LogP contribution is 2.30. The lowest BCUT2D eigenvalue weighted by molar-refractivity contribution is 0.0786. The molecule has 0 unspecified atom stereocenters. The number of nitrogens with zero attached hydrogens (tertiary/aromatic N) is 3. The maximum Gasteiger partial charge on any atom is 0.274 e. The Morgan fingerprint density at radius 2 is 1.85 bits per heavy atom. The summed E-state index contributed by atoms with van der Waals surface area (Å²) in [4.78, 5) is 14.6. The van der Waals surface area contributed by atoms with Crippen molar-refractivity contribution >= 4 is 15.7 Å². The number of hydrogen-bond acceptors (Lipinski definition) is 4. The van der Waals surface area contributed by atoms with Gasteiger partial charge in [0.05, 0.1) is 23.2 Å². The molecule has 0 bridgehead atoms. The fourth-order valence-corrected chi connectivity index (χ4v) is 5.46. The fraction of sp³-hybridized carbons (Fsp3) is 0.474. The van der Waals surface area contributed by atoms with Gasteiger partial charge in [-0.3, -0.25) is 9.48 Å². The molecule has 0 radical (unpaired) electrons. The summed E-state index contributed by atoms with van der Waals surface area (Å²) in [5.74, 6) is 0.209. The minimum absolute atomic E-state index is 0.0598. The van der Waals surface area contributed by atoms with Gasteiger partial charge in [0.1, 0.15) is 0 Å². The number of carbonyl (C=O) groups excluding carboxylic acids is 1. The quantitative estimate of drug-likeness (QED) is 0.828. The number of amides is 1. The Balaban J connectivity index is 1.75. The van der Waals surface area contributed by atoms with Crippen molar-refractivity contribution in [2.75, 3.05) is 24.6 Å². The SMILES string of the molecule is Cc1ccc(-c2cc(C(=O)N3CCCC3)nn2[C@@H]2CCS(=O)(=O)C2)cc1. The van der Waals surface area contributed by atoms with Gasteiger partial charge < -0.3 is 4.90 Å². The molecule has 1 atom stereocenters. The Kier molecular flexibility index (Phi) is 4.34. The van der Waals surface area contributed by atoms with E-state index in [1.165, 1.54) is 0 Å². The minimum Gasteiger partial charge on any atom is -0.337 e. The Morgan fingerprint density at radius 3 is 2.46 bits per heavy atom. The van der Waals surface area contributed by atoms with Crippen LogP contribution < -0.4 is 0 Å². The maximum atomic E-state index is 12.8. The highest BCUT2D eigenvalue weighted by molar-refractivity contribution is 7.91. The van der Waals surface area contributed by atoms with Crippen LogP contribution in [0.2, 0.25) is 0 Å². The molecular formula is C19H23N3O3S. The van der Waals surface area contributed by atoms with Crippen molar-refractivity contribution in [2.24, 2.45) is 0 Å². The largest absolute Gasteiger partial charge is 0.337 e. The second-order valence-electron chi connectivity index (χ2n) is 7.28. The van der Waals surface area contributed by atoms with Crippen LogP contribution in [0.5, 0.6) is 0 Å².